The lowest BCUT2D eigenvalue weighted by Gasteiger charge is -2.15. The summed E-state index contributed by atoms with van der Waals surface area (Å²) in [5.74, 6) is -0.942. The van der Waals surface area contributed by atoms with Gasteiger partial charge in [-0.2, -0.15) is 11.3 Å². The molecule has 0 aliphatic heterocycles. The number of aryl methyl sites for hydroxylation is 1. The Labute approximate surface area is 163 Å². The summed E-state index contributed by atoms with van der Waals surface area (Å²) in [6.45, 7) is -0.375. The predicted octanol–water partition coefficient (Wildman–Crippen LogP) is 1.79. The van der Waals surface area contributed by atoms with Crippen LogP contribution >= 0.6 is 11.3 Å². The fraction of sp³-hybridized carbons (Fsp3) is 0.333. The van der Waals surface area contributed by atoms with E-state index in [1.54, 1.807) is 29.5 Å². The molecular formula is C18H22N2O5S2. The molecule has 0 saturated heterocycles. The van der Waals surface area contributed by atoms with Gasteiger partial charge >= 0.3 is 5.97 Å². The van der Waals surface area contributed by atoms with Crippen molar-refractivity contribution < 1.29 is 22.7 Å². The van der Waals surface area contributed by atoms with Gasteiger partial charge in [0.1, 0.15) is 0 Å². The summed E-state index contributed by atoms with van der Waals surface area (Å²) >= 11 is 1.56. The number of benzene rings is 1. The summed E-state index contributed by atoms with van der Waals surface area (Å²) in [5.41, 5.74) is 1.52. The second kappa shape index (κ2) is 9.63. The summed E-state index contributed by atoms with van der Waals surface area (Å²) in [5, 5.41) is 6.47. The van der Waals surface area contributed by atoms with Gasteiger partial charge in [0.15, 0.2) is 6.61 Å². The van der Waals surface area contributed by atoms with Gasteiger partial charge in [-0.3, -0.25) is 9.59 Å². The van der Waals surface area contributed by atoms with Crippen LogP contribution in [0.3, 0.4) is 0 Å². The molecule has 27 heavy (non-hydrogen) atoms. The van der Waals surface area contributed by atoms with E-state index in [1.807, 2.05) is 16.8 Å². The Hall–Kier alpha value is -2.23. The maximum atomic E-state index is 12.3. The highest BCUT2D eigenvalue weighted by Gasteiger charge is 2.20. The zero-order chi connectivity index (χ0) is 19.9. The summed E-state index contributed by atoms with van der Waals surface area (Å²) in [4.78, 5) is 23.7. The molecule has 1 heterocycles. The lowest BCUT2D eigenvalue weighted by molar-refractivity contribution is -0.148. The van der Waals surface area contributed by atoms with Gasteiger partial charge < -0.3 is 10.1 Å². The van der Waals surface area contributed by atoms with Crippen LogP contribution in [0.4, 0.5) is 0 Å². The molecule has 1 amide bonds. The number of hydrogen-bond donors (Lipinski definition) is 1. The van der Waals surface area contributed by atoms with Gasteiger partial charge in [-0.25, -0.2) is 12.7 Å². The molecule has 2 aromatic rings. The first-order valence-corrected chi connectivity index (χ1v) is 10.6. The van der Waals surface area contributed by atoms with E-state index >= 15 is 0 Å². The summed E-state index contributed by atoms with van der Waals surface area (Å²) < 4.78 is 30.7. The first kappa shape index (κ1) is 21.1. The van der Waals surface area contributed by atoms with E-state index in [9.17, 15) is 18.0 Å². The van der Waals surface area contributed by atoms with Crippen molar-refractivity contribution in [3.8, 4) is 0 Å². The SMILES string of the molecule is CN(C)S(=O)(=O)c1ccccc1CNC(=O)COC(=O)CCc1ccsc1. The molecular weight excluding hydrogens is 388 g/mol. The third-order valence-electron chi connectivity index (χ3n) is 3.77. The van der Waals surface area contributed by atoms with Gasteiger partial charge in [-0.15, -0.1) is 0 Å². The highest BCUT2D eigenvalue weighted by atomic mass is 32.2. The molecule has 0 spiro atoms. The lowest BCUT2D eigenvalue weighted by atomic mass is 10.2. The van der Waals surface area contributed by atoms with Crippen LogP contribution in [0.2, 0.25) is 0 Å². The van der Waals surface area contributed by atoms with Crippen LogP contribution in [0.5, 0.6) is 0 Å². The first-order chi connectivity index (χ1) is 12.8. The molecule has 9 heteroatoms. The van der Waals surface area contributed by atoms with Crippen molar-refractivity contribution in [1.29, 1.82) is 0 Å². The van der Waals surface area contributed by atoms with Crippen LogP contribution in [0.1, 0.15) is 17.5 Å². The molecule has 2 rings (SSSR count). The minimum Gasteiger partial charge on any atom is -0.456 e. The van der Waals surface area contributed by atoms with E-state index in [2.05, 4.69) is 5.32 Å². The number of carbonyl (C=O) groups is 2. The normalized spacial score (nSPS) is 11.4. The number of hydrogen-bond acceptors (Lipinski definition) is 6. The number of nitrogens with one attached hydrogen (secondary N) is 1. The van der Waals surface area contributed by atoms with E-state index in [-0.39, 0.29) is 17.9 Å². The van der Waals surface area contributed by atoms with Gasteiger partial charge in [0, 0.05) is 27.1 Å². The molecule has 0 aliphatic carbocycles. The zero-order valence-corrected chi connectivity index (χ0v) is 16.8. The van der Waals surface area contributed by atoms with Crippen molar-refractivity contribution in [2.75, 3.05) is 20.7 Å². The zero-order valence-electron chi connectivity index (χ0n) is 15.2. The molecule has 0 saturated carbocycles. The molecule has 0 unspecified atom stereocenters. The van der Waals surface area contributed by atoms with E-state index in [0.29, 0.717) is 12.0 Å². The van der Waals surface area contributed by atoms with Crippen LogP contribution in [-0.4, -0.2) is 45.3 Å². The van der Waals surface area contributed by atoms with Crippen molar-refractivity contribution >= 4 is 33.2 Å². The van der Waals surface area contributed by atoms with Crippen LogP contribution in [0.15, 0.2) is 46.0 Å². The molecule has 0 aliphatic rings. The largest absolute Gasteiger partial charge is 0.456 e. The Kier molecular flexibility index (Phi) is 7.52. The molecule has 0 atom stereocenters. The fourth-order valence-corrected chi connectivity index (χ4v) is 4.06. The van der Waals surface area contributed by atoms with E-state index in [0.717, 1.165) is 9.87 Å². The van der Waals surface area contributed by atoms with Gasteiger partial charge in [-0.1, -0.05) is 18.2 Å². The monoisotopic (exact) mass is 410 g/mol. The Morgan fingerprint density at radius 2 is 1.93 bits per heavy atom. The highest BCUT2D eigenvalue weighted by molar-refractivity contribution is 7.89. The number of sulfonamides is 1. The molecule has 146 valence electrons. The van der Waals surface area contributed by atoms with Crippen LogP contribution < -0.4 is 5.32 Å². The highest BCUT2D eigenvalue weighted by Crippen LogP contribution is 2.18. The van der Waals surface area contributed by atoms with Crippen molar-refractivity contribution in [3.63, 3.8) is 0 Å². The van der Waals surface area contributed by atoms with Gasteiger partial charge in [0.05, 0.1) is 4.90 Å². The maximum Gasteiger partial charge on any atom is 0.306 e. The Bertz CT molecular complexity index is 877. The van der Waals surface area contributed by atoms with Gasteiger partial charge in [0.2, 0.25) is 10.0 Å². The van der Waals surface area contributed by atoms with E-state index < -0.39 is 28.5 Å². The Morgan fingerprint density at radius 1 is 1.19 bits per heavy atom. The van der Waals surface area contributed by atoms with E-state index in [1.165, 1.54) is 20.2 Å². The van der Waals surface area contributed by atoms with Crippen LogP contribution in [-0.2, 0) is 37.3 Å². The Morgan fingerprint density at radius 3 is 2.59 bits per heavy atom. The molecule has 1 aromatic carbocycles. The summed E-state index contributed by atoms with van der Waals surface area (Å²) in [6, 6.07) is 8.37. The predicted molar refractivity (Wildman–Crippen MR) is 103 cm³/mol. The molecule has 0 fully saturated rings. The van der Waals surface area contributed by atoms with Gasteiger partial charge in [-0.05, 0) is 40.4 Å². The second-order valence-electron chi connectivity index (χ2n) is 5.96. The van der Waals surface area contributed by atoms with Crippen molar-refractivity contribution in [2.24, 2.45) is 0 Å². The number of nitrogens with zero attached hydrogens (tertiary/aromatic N) is 1. The van der Waals surface area contributed by atoms with E-state index in [4.69, 9.17) is 4.74 Å². The molecule has 7 nitrogen and oxygen atoms in total. The summed E-state index contributed by atoms with van der Waals surface area (Å²) in [7, 11) is -0.723. The quantitative estimate of drug-likeness (QED) is 0.636. The van der Waals surface area contributed by atoms with Crippen molar-refractivity contribution in [3.05, 3.63) is 52.2 Å². The van der Waals surface area contributed by atoms with Crippen LogP contribution in [0, 0.1) is 0 Å². The molecule has 1 N–H and O–H groups in total. The smallest absolute Gasteiger partial charge is 0.306 e. The third-order valence-corrected chi connectivity index (χ3v) is 6.42. The lowest BCUT2D eigenvalue weighted by Crippen LogP contribution is -2.30. The molecule has 1 aromatic heterocycles. The number of amides is 1. The second-order valence-corrected chi connectivity index (χ2v) is 8.86. The average Bonchev–Trinajstić information content (AvgIpc) is 3.16. The van der Waals surface area contributed by atoms with Crippen molar-refractivity contribution in [2.45, 2.75) is 24.3 Å². The minimum absolute atomic E-state index is 0.0224. The van der Waals surface area contributed by atoms with Crippen molar-refractivity contribution in [1.82, 2.24) is 9.62 Å². The minimum atomic E-state index is -3.61. The maximum absolute atomic E-state index is 12.3. The Balaban J connectivity index is 1.83. The molecule has 0 bridgehead atoms. The number of carbonyl (C=O) groups excluding carboxylic acids is 2. The van der Waals surface area contributed by atoms with Gasteiger partial charge in [0.25, 0.3) is 5.91 Å². The topological polar surface area (TPSA) is 92.8 Å². The third kappa shape index (κ3) is 6.16. The fourth-order valence-electron chi connectivity index (χ4n) is 2.24. The number of rotatable bonds is 9. The summed E-state index contributed by atoms with van der Waals surface area (Å²) in [6.07, 6.45) is 0.771. The number of ether oxygens (including phenoxy) is 1. The molecule has 0 radical (unpaired) electrons. The standard InChI is InChI=1S/C18H22N2O5S2/c1-20(2)27(23,24)16-6-4-3-5-15(16)11-19-17(21)12-25-18(22)8-7-14-9-10-26-13-14/h3-6,9-10,13H,7-8,11-12H2,1-2H3,(H,19,21). The number of esters is 1. The number of thiophene rings is 1. The van der Waals surface area contributed by atoms with Crippen LogP contribution in [0.25, 0.3) is 0 Å². The average molecular weight is 411 g/mol. The first-order valence-electron chi connectivity index (χ1n) is 8.24.